The van der Waals surface area contributed by atoms with Crippen LogP contribution in [0.3, 0.4) is 0 Å². The van der Waals surface area contributed by atoms with E-state index in [1.54, 1.807) is 80.2 Å². The predicted octanol–water partition coefficient (Wildman–Crippen LogP) is 4.89. The molecule has 0 bridgehead atoms. The molecule has 11 heteroatoms. The van der Waals surface area contributed by atoms with Crippen LogP contribution in [0.25, 0.3) is 0 Å². The molecule has 42 heavy (non-hydrogen) atoms. The zero-order chi connectivity index (χ0) is 29.8. The molecule has 10 nitrogen and oxygen atoms in total. The van der Waals surface area contributed by atoms with Crippen LogP contribution in [0.4, 0.5) is 10.5 Å². The molecule has 2 aromatic carbocycles. The Labute approximate surface area is 245 Å². The average molecular weight is 589 g/mol. The van der Waals surface area contributed by atoms with Crippen molar-refractivity contribution in [3.8, 4) is 5.75 Å². The molecule has 0 saturated heterocycles. The summed E-state index contributed by atoms with van der Waals surface area (Å²) >= 11 is 0. The number of sulfone groups is 1. The number of urea groups is 1. The quantitative estimate of drug-likeness (QED) is 0.211. The standard InChI is InChI=1S/C31H32N4O6S/c1-2-40-30(36)17-26(25-8-5-15-33-20-25)22-42(38,39)29-12-10-28(11-13-29)41-21-23-6-3-9-27(16-23)35-31(37)34-19-24-7-4-14-32-18-24/h3-16,18,20,26H,2,17,19,21-22H2,1H3,(H2,34,35,37). The first-order chi connectivity index (χ1) is 20.3. The molecular weight excluding hydrogens is 556 g/mol. The summed E-state index contributed by atoms with van der Waals surface area (Å²) in [6, 6.07) is 20.2. The summed E-state index contributed by atoms with van der Waals surface area (Å²) in [5.74, 6) is -0.850. The Morgan fingerprint density at radius 1 is 0.905 bits per heavy atom. The van der Waals surface area contributed by atoms with Crippen LogP contribution >= 0.6 is 0 Å². The van der Waals surface area contributed by atoms with E-state index in [2.05, 4.69) is 20.6 Å². The number of anilines is 1. The highest BCUT2D eigenvalue weighted by atomic mass is 32.2. The molecule has 2 aromatic heterocycles. The minimum atomic E-state index is -3.73. The third-order valence-corrected chi connectivity index (χ3v) is 8.08. The number of amides is 2. The molecule has 218 valence electrons. The van der Waals surface area contributed by atoms with Gasteiger partial charge in [0, 0.05) is 42.9 Å². The number of ether oxygens (including phenoxy) is 2. The van der Waals surface area contributed by atoms with Gasteiger partial charge in [-0.25, -0.2) is 13.2 Å². The fourth-order valence-corrected chi connectivity index (χ4v) is 5.76. The molecule has 0 radical (unpaired) electrons. The summed E-state index contributed by atoms with van der Waals surface area (Å²) in [7, 11) is -3.73. The summed E-state index contributed by atoms with van der Waals surface area (Å²) in [5, 5.41) is 5.58. The van der Waals surface area contributed by atoms with Gasteiger partial charge in [0.2, 0.25) is 0 Å². The fraction of sp³-hybridized carbons (Fsp3) is 0.226. The predicted molar refractivity (Wildman–Crippen MR) is 158 cm³/mol. The lowest BCUT2D eigenvalue weighted by Gasteiger charge is -2.17. The van der Waals surface area contributed by atoms with Crippen molar-refractivity contribution in [2.45, 2.75) is 37.3 Å². The van der Waals surface area contributed by atoms with Crippen molar-refractivity contribution in [2.24, 2.45) is 0 Å². The number of carbonyl (C=O) groups is 2. The Hall–Kier alpha value is -4.77. The number of esters is 1. The van der Waals surface area contributed by atoms with Crippen LogP contribution < -0.4 is 15.4 Å². The number of carbonyl (C=O) groups excluding carboxylic acids is 2. The topological polar surface area (TPSA) is 137 Å². The molecule has 2 heterocycles. The van der Waals surface area contributed by atoms with Gasteiger partial charge in [0.05, 0.1) is 23.7 Å². The van der Waals surface area contributed by atoms with Crippen LogP contribution in [0.1, 0.15) is 36.0 Å². The summed E-state index contributed by atoms with van der Waals surface area (Å²) in [6.07, 6.45) is 6.44. The van der Waals surface area contributed by atoms with Crippen LogP contribution in [-0.4, -0.2) is 42.7 Å². The lowest BCUT2D eigenvalue weighted by molar-refractivity contribution is -0.143. The molecular formula is C31H32N4O6S. The molecule has 1 unspecified atom stereocenters. The van der Waals surface area contributed by atoms with E-state index >= 15 is 0 Å². The maximum absolute atomic E-state index is 13.2. The van der Waals surface area contributed by atoms with E-state index in [1.807, 2.05) is 12.1 Å². The van der Waals surface area contributed by atoms with Gasteiger partial charge in [-0.2, -0.15) is 0 Å². The van der Waals surface area contributed by atoms with Gasteiger partial charge >= 0.3 is 12.0 Å². The zero-order valence-corrected chi connectivity index (χ0v) is 23.9. The normalized spacial score (nSPS) is 11.7. The number of benzene rings is 2. The highest BCUT2D eigenvalue weighted by Crippen LogP contribution is 2.26. The van der Waals surface area contributed by atoms with Crippen molar-refractivity contribution in [2.75, 3.05) is 17.7 Å². The molecule has 0 fully saturated rings. The highest BCUT2D eigenvalue weighted by molar-refractivity contribution is 7.91. The van der Waals surface area contributed by atoms with Crippen LogP contribution in [-0.2, 0) is 32.5 Å². The summed E-state index contributed by atoms with van der Waals surface area (Å²) in [6.45, 7) is 2.48. The molecule has 4 aromatic rings. The minimum absolute atomic E-state index is 0.0694. The molecule has 0 saturated carbocycles. The van der Waals surface area contributed by atoms with Crippen LogP contribution in [0.2, 0.25) is 0 Å². The molecule has 0 spiro atoms. The molecule has 2 N–H and O–H groups in total. The number of hydrogen-bond donors (Lipinski definition) is 2. The van der Waals surface area contributed by atoms with Crippen molar-refractivity contribution < 1.29 is 27.5 Å². The second kappa shape index (κ2) is 14.7. The number of hydrogen-bond acceptors (Lipinski definition) is 8. The number of pyridine rings is 2. The molecule has 1 atom stereocenters. The first-order valence-electron chi connectivity index (χ1n) is 13.4. The van der Waals surface area contributed by atoms with Gasteiger partial charge in [0.1, 0.15) is 12.4 Å². The molecule has 4 rings (SSSR count). The Balaban J connectivity index is 1.33. The first kappa shape index (κ1) is 30.2. The zero-order valence-electron chi connectivity index (χ0n) is 23.1. The van der Waals surface area contributed by atoms with Crippen LogP contribution in [0, 0.1) is 0 Å². The van der Waals surface area contributed by atoms with Crippen molar-refractivity contribution in [3.05, 3.63) is 114 Å². The maximum Gasteiger partial charge on any atom is 0.319 e. The number of aromatic nitrogens is 2. The third kappa shape index (κ3) is 9.13. The lowest BCUT2D eigenvalue weighted by Crippen LogP contribution is -2.28. The van der Waals surface area contributed by atoms with Gasteiger partial charge in [0.15, 0.2) is 9.84 Å². The van der Waals surface area contributed by atoms with Crippen molar-refractivity contribution in [1.29, 1.82) is 0 Å². The van der Waals surface area contributed by atoms with Gasteiger partial charge in [0.25, 0.3) is 0 Å². The van der Waals surface area contributed by atoms with Gasteiger partial charge in [-0.3, -0.25) is 14.8 Å². The highest BCUT2D eigenvalue weighted by Gasteiger charge is 2.26. The molecule has 0 aliphatic rings. The second-order valence-corrected chi connectivity index (χ2v) is 11.4. The number of rotatable bonds is 13. The summed E-state index contributed by atoms with van der Waals surface area (Å²) < 4.78 is 37.4. The van der Waals surface area contributed by atoms with Crippen molar-refractivity contribution in [1.82, 2.24) is 15.3 Å². The fourth-order valence-electron chi connectivity index (χ4n) is 4.18. The van der Waals surface area contributed by atoms with Crippen LogP contribution in [0.5, 0.6) is 5.75 Å². The third-order valence-electron chi connectivity index (χ3n) is 6.24. The van der Waals surface area contributed by atoms with Gasteiger partial charge < -0.3 is 20.1 Å². The lowest BCUT2D eigenvalue weighted by atomic mass is 10.00. The largest absolute Gasteiger partial charge is 0.489 e. The van der Waals surface area contributed by atoms with Gasteiger partial charge in [-0.15, -0.1) is 0 Å². The van der Waals surface area contributed by atoms with E-state index in [4.69, 9.17) is 9.47 Å². The van der Waals surface area contributed by atoms with E-state index < -0.39 is 21.7 Å². The average Bonchev–Trinajstić information content (AvgIpc) is 3.00. The van der Waals surface area contributed by atoms with Crippen LogP contribution in [0.15, 0.2) is 102 Å². The van der Waals surface area contributed by atoms with Gasteiger partial charge in [-0.1, -0.05) is 24.3 Å². The monoisotopic (exact) mass is 588 g/mol. The van der Waals surface area contributed by atoms with E-state index in [1.165, 1.54) is 12.1 Å². The molecule has 0 aliphatic carbocycles. The number of nitrogens with zero attached hydrogens (tertiary/aromatic N) is 2. The molecule has 2 amide bonds. The Morgan fingerprint density at radius 3 is 2.33 bits per heavy atom. The van der Waals surface area contributed by atoms with E-state index in [0.717, 1.165) is 11.1 Å². The minimum Gasteiger partial charge on any atom is -0.489 e. The molecule has 0 aliphatic heterocycles. The maximum atomic E-state index is 13.2. The van der Waals surface area contributed by atoms with E-state index in [9.17, 15) is 18.0 Å². The van der Waals surface area contributed by atoms with E-state index in [-0.39, 0.29) is 36.3 Å². The van der Waals surface area contributed by atoms with Crippen molar-refractivity contribution >= 4 is 27.5 Å². The summed E-state index contributed by atoms with van der Waals surface area (Å²) in [5.41, 5.74) is 2.96. The Bertz CT molecular complexity index is 1570. The number of nitrogens with one attached hydrogen (secondary N) is 2. The van der Waals surface area contributed by atoms with Gasteiger partial charge in [-0.05, 0) is 72.1 Å². The van der Waals surface area contributed by atoms with Crippen molar-refractivity contribution in [3.63, 3.8) is 0 Å². The SMILES string of the molecule is CCOC(=O)CC(CS(=O)(=O)c1ccc(OCc2cccc(NC(=O)NCc3cccnc3)c2)cc1)c1cccnc1. The second-order valence-electron chi connectivity index (χ2n) is 9.40. The first-order valence-corrected chi connectivity index (χ1v) is 15.0. The van der Waals surface area contributed by atoms with E-state index in [0.29, 0.717) is 23.5 Å². The Morgan fingerprint density at radius 2 is 1.64 bits per heavy atom. The summed E-state index contributed by atoms with van der Waals surface area (Å²) in [4.78, 5) is 32.6. The Kier molecular flexibility index (Phi) is 10.6. The smallest absolute Gasteiger partial charge is 0.319 e.